The largest absolute Gasteiger partial charge is 0.329 e. The highest BCUT2D eigenvalue weighted by Gasteiger charge is 2.08. The summed E-state index contributed by atoms with van der Waals surface area (Å²) in [6, 6.07) is 11.8. The maximum atomic E-state index is 7.89. The Labute approximate surface area is 143 Å². The summed E-state index contributed by atoms with van der Waals surface area (Å²) in [5, 5.41) is 7.89. The van der Waals surface area contributed by atoms with E-state index >= 15 is 0 Å². The second-order valence-electron chi connectivity index (χ2n) is 5.47. The second kappa shape index (κ2) is 8.72. The smallest absolute Gasteiger partial charge is 0.251 e. The van der Waals surface area contributed by atoms with Crippen molar-refractivity contribution < 1.29 is 0 Å². The molecule has 24 heavy (non-hydrogen) atoms. The summed E-state index contributed by atoms with van der Waals surface area (Å²) in [6.07, 6.45) is 6.12. The predicted octanol–water partition coefficient (Wildman–Crippen LogP) is 4.71. The van der Waals surface area contributed by atoms with Crippen LogP contribution in [-0.2, 0) is 0 Å². The fourth-order valence-electron chi connectivity index (χ4n) is 2.23. The van der Waals surface area contributed by atoms with Gasteiger partial charge in [0, 0.05) is 24.6 Å². The van der Waals surface area contributed by atoms with Gasteiger partial charge >= 0.3 is 0 Å². The number of hydrogen-bond donors (Lipinski definition) is 1. The number of nitrogens with one attached hydrogen (secondary N) is 1. The number of aliphatic imine (C=N–C) groups is 1. The van der Waals surface area contributed by atoms with Crippen LogP contribution in [0.15, 0.2) is 60.2 Å². The van der Waals surface area contributed by atoms with Crippen molar-refractivity contribution in [3.8, 4) is 0 Å². The number of para-hydroxylation sites is 1. The van der Waals surface area contributed by atoms with E-state index in [4.69, 9.17) is 5.41 Å². The molecule has 0 bridgehead atoms. The number of aromatic nitrogens is 2. The first-order valence-electron chi connectivity index (χ1n) is 7.97. The lowest BCUT2D eigenvalue weighted by molar-refractivity contribution is 0.897. The molecule has 0 fully saturated rings. The molecule has 0 spiro atoms. The van der Waals surface area contributed by atoms with E-state index in [0.717, 1.165) is 36.5 Å². The molecule has 1 aromatic heterocycles. The van der Waals surface area contributed by atoms with Crippen LogP contribution in [0.1, 0.15) is 26.2 Å². The van der Waals surface area contributed by atoms with Crippen LogP contribution >= 0.6 is 0 Å². The number of hydrogen-bond acceptors (Lipinski definition) is 5. The van der Waals surface area contributed by atoms with Crippen molar-refractivity contribution in [2.24, 2.45) is 4.99 Å². The van der Waals surface area contributed by atoms with E-state index in [-0.39, 0.29) is 0 Å². The highest BCUT2D eigenvalue weighted by molar-refractivity contribution is 6.40. The van der Waals surface area contributed by atoms with E-state index < -0.39 is 0 Å². The molecule has 1 heterocycles. The summed E-state index contributed by atoms with van der Waals surface area (Å²) >= 11 is 0. The molecular formula is C19H23N5. The highest BCUT2D eigenvalue weighted by atomic mass is 15.2. The third-order valence-electron chi connectivity index (χ3n) is 3.60. The number of unbranched alkanes of at least 4 members (excludes halogenated alkanes) is 1. The minimum Gasteiger partial charge on any atom is -0.329 e. The molecule has 0 unspecified atom stereocenters. The van der Waals surface area contributed by atoms with Crippen LogP contribution in [0.25, 0.3) is 0 Å². The van der Waals surface area contributed by atoms with Crippen LogP contribution in [-0.4, -0.2) is 28.4 Å². The standard InChI is InChI=1S/C19H23N5/c1-4-5-7-12-17(15(2)20)22-19-21-14-13-18(23-19)24(3)16-10-8-6-9-11-16/h4,6,8-11,13-14,20H,1,5,7,12H2,2-3H3. The lowest BCUT2D eigenvalue weighted by Crippen LogP contribution is -2.12. The van der Waals surface area contributed by atoms with Crippen LogP contribution in [0, 0.1) is 5.41 Å². The number of nitrogens with zero attached hydrogens (tertiary/aromatic N) is 4. The second-order valence-corrected chi connectivity index (χ2v) is 5.47. The van der Waals surface area contributed by atoms with Gasteiger partial charge in [0.15, 0.2) is 0 Å². The van der Waals surface area contributed by atoms with Gasteiger partial charge in [0.25, 0.3) is 5.95 Å². The molecule has 1 aromatic carbocycles. The zero-order valence-electron chi connectivity index (χ0n) is 14.2. The van der Waals surface area contributed by atoms with E-state index in [2.05, 4.69) is 21.5 Å². The maximum Gasteiger partial charge on any atom is 0.251 e. The first kappa shape index (κ1) is 17.5. The molecule has 0 saturated heterocycles. The van der Waals surface area contributed by atoms with E-state index in [1.165, 1.54) is 0 Å². The van der Waals surface area contributed by atoms with E-state index in [0.29, 0.717) is 11.7 Å². The number of rotatable bonds is 8. The van der Waals surface area contributed by atoms with Crippen molar-refractivity contribution in [1.29, 1.82) is 5.41 Å². The molecule has 0 aliphatic heterocycles. The van der Waals surface area contributed by atoms with Crippen molar-refractivity contribution in [1.82, 2.24) is 9.97 Å². The zero-order valence-corrected chi connectivity index (χ0v) is 14.2. The number of allylic oxidation sites excluding steroid dienone is 1. The Morgan fingerprint density at radius 3 is 2.71 bits per heavy atom. The molecule has 1 N–H and O–H groups in total. The van der Waals surface area contributed by atoms with Gasteiger partial charge in [-0.2, -0.15) is 4.98 Å². The number of anilines is 2. The summed E-state index contributed by atoms with van der Waals surface area (Å²) in [5.41, 5.74) is 2.21. The minimum absolute atomic E-state index is 0.385. The van der Waals surface area contributed by atoms with Gasteiger partial charge in [-0.15, -0.1) is 6.58 Å². The van der Waals surface area contributed by atoms with Crippen molar-refractivity contribution in [3.63, 3.8) is 0 Å². The van der Waals surface area contributed by atoms with E-state index in [9.17, 15) is 0 Å². The summed E-state index contributed by atoms with van der Waals surface area (Å²) in [7, 11) is 1.96. The lowest BCUT2D eigenvalue weighted by Gasteiger charge is -2.18. The molecule has 0 aliphatic carbocycles. The van der Waals surface area contributed by atoms with Crippen molar-refractivity contribution >= 4 is 28.9 Å². The fraction of sp³-hybridized carbons (Fsp3) is 0.263. The van der Waals surface area contributed by atoms with Crippen LogP contribution in [0.3, 0.4) is 0 Å². The topological polar surface area (TPSA) is 65.2 Å². The van der Waals surface area contributed by atoms with Crippen LogP contribution in [0.2, 0.25) is 0 Å². The first-order chi connectivity index (χ1) is 11.6. The van der Waals surface area contributed by atoms with Crippen molar-refractivity contribution in [3.05, 3.63) is 55.3 Å². The minimum atomic E-state index is 0.385. The van der Waals surface area contributed by atoms with Gasteiger partial charge in [-0.05, 0) is 44.4 Å². The molecule has 0 radical (unpaired) electrons. The summed E-state index contributed by atoms with van der Waals surface area (Å²) in [6.45, 7) is 5.47. The molecule has 124 valence electrons. The average Bonchev–Trinajstić information content (AvgIpc) is 2.61. The summed E-state index contributed by atoms with van der Waals surface area (Å²) < 4.78 is 0. The maximum absolute atomic E-state index is 7.89. The Hall–Kier alpha value is -2.82. The Kier molecular flexibility index (Phi) is 6.37. The van der Waals surface area contributed by atoms with Gasteiger partial charge in [-0.3, -0.25) is 0 Å². The van der Waals surface area contributed by atoms with Gasteiger partial charge in [0.05, 0.1) is 5.71 Å². The quantitative estimate of drug-likeness (QED) is 0.435. The molecule has 0 saturated carbocycles. The monoisotopic (exact) mass is 321 g/mol. The molecule has 2 aromatic rings. The molecular weight excluding hydrogens is 298 g/mol. The Bertz CT molecular complexity index is 722. The lowest BCUT2D eigenvalue weighted by atomic mass is 10.1. The van der Waals surface area contributed by atoms with Crippen LogP contribution in [0.5, 0.6) is 0 Å². The van der Waals surface area contributed by atoms with Crippen LogP contribution < -0.4 is 4.90 Å². The highest BCUT2D eigenvalue weighted by Crippen LogP contribution is 2.22. The molecule has 0 amide bonds. The third kappa shape index (κ3) is 4.84. The molecule has 0 atom stereocenters. The fourth-order valence-corrected chi connectivity index (χ4v) is 2.23. The Morgan fingerprint density at radius 1 is 1.29 bits per heavy atom. The molecule has 5 heteroatoms. The predicted molar refractivity (Wildman–Crippen MR) is 101 cm³/mol. The van der Waals surface area contributed by atoms with Gasteiger partial charge in [-0.25, -0.2) is 9.98 Å². The Morgan fingerprint density at radius 2 is 2.04 bits per heavy atom. The molecule has 0 aliphatic rings. The zero-order chi connectivity index (χ0) is 17.4. The van der Waals surface area contributed by atoms with Crippen molar-refractivity contribution in [2.45, 2.75) is 26.2 Å². The van der Waals surface area contributed by atoms with Gasteiger partial charge in [0.2, 0.25) is 0 Å². The SMILES string of the molecule is C=CCCCC(=Nc1nccc(N(C)c2ccccc2)n1)C(C)=N. The van der Waals surface area contributed by atoms with Crippen molar-refractivity contribution in [2.75, 3.05) is 11.9 Å². The first-order valence-corrected chi connectivity index (χ1v) is 7.97. The normalized spacial score (nSPS) is 11.2. The summed E-state index contributed by atoms with van der Waals surface area (Å²) in [5.74, 6) is 1.15. The average molecular weight is 321 g/mol. The van der Waals surface area contributed by atoms with Gasteiger partial charge in [0.1, 0.15) is 5.82 Å². The third-order valence-corrected chi connectivity index (χ3v) is 3.60. The van der Waals surface area contributed by atoms with Crippen LogP contribution in [0.4, 0.5) is 17.5 Å². The Balaban J connectivity index is 2.23. The van der Waals surface area contributed by atoms with Gasteiger partial charge in [-0.1, -0.05) is 24.3 Å². The number of benzene rings is 1. The van der Waals surface area contributed by atoms with E-state index in [1.54, 1.807) is 13.1 Å². The summed E-state index contributed by atoms with van der Waals surface area (Å²) in [4.78, 5) is 15.2. The molecule has 5 nitrogen and oxygen atoms in total. The van der Waals surface area contributed by atoms with E-state index in [1.807, 2.05) is 54.4 Å². The van der Waals surface area contributed by atoms with Gasteiger partial charge < -0.3 is 10.3 Å². The molecule has 2 rings (SSSR count).